The van der Waals surface area contributed by atoms with Crippen LogP contribution in [0.25, 0.3) is 0 Å². The fourth-order valence-electron chi connectivity index (χ4n) is 2.57. The van der Waals surface area contributed by atoms with Crippen LogP contribution in [0.2, 0.25) is 0 Å². The minimum atomic E-state index is -0.188. The summed E-state index contributed by atoms with van der Waals surface area (Å²) in [7, 11) is 0. The highest BCUT2D eigenvalue weighted by molar-refractivity contribution is 6.03. The van der Waals surface area contributed by atoms with Crippen molar-refractivity contribution in [2.75, 3.05) is 0 Å². The van der Waals surface area contributed by atoms with Crippen LogP contribution in [-0.2, 0) is 9.59 Å². The zero-order valence-corrected chi connectivity index (χ0v) is 7.21. The molecule has 0 atom stereocenters. The largest absolute Gasteiger partial charge is 0.299 e. The third kappa shape index (κ3) is 1.19. The second kappa shape index (κ2) is 3.00. The quantitative estimate of drug-likeness (QED) is 0.513. The molecular formula is C10H14O2. The summed E-state index contributed by atoms with van der Waals surface area (Å²) in [6.45, 7) is 0. The summed E-state index contributed by atoms with van der Waals surface area (Å²) < 4.78 is 0. The van der Waals surface area contributed by atoms with Crippen molar-refractivity contribution >= 4 is 11.6 Å². The van der Waals surface area contributed by atoms with Gasteiger partial charge in [-0.1, -0.05) is 0 Å². The Morgan fingerprint density at radius 2 is 1.42 bits per heavy atom. The maximum atomic E-state index is 11.4. The normalized spacial score (nSPS) is 36.3. The van der Waals surface area contributed by atoms with Crippen molar-refractivity contribution in [2.45, 2.75) is 38.5 Å². The van der Waals surface area contributed by atoms with Gasteiger partial charge in [0.2, 0.25) is 0 Å². The smallest absolute Gasteiger partial charge is 0.143 e. The minimum Gasteiger partial charge on any atom is -0.299 e. The highest BCUT2D eigenvalue weighted by atomic mass is 16.2. The van der Waals surface area contributed by atoms with Crippen LogP contribution in [0.4, 0.5) is 0 Å². The van der Waals surface area contributed by atoms with Crippen LogP contribution in [0.1, 0.15) is 38.5 Å². The lowest BCUT2D eigenvalue weighted by molar-refractivity contribution is -0.139. The van der Waals surface area contributed by atoms with E-state index < -0.39 is 0 Å². The summed E-state index contributed by atoms with van der Waals surface area (Å²) in [5, 5.41) is 0. The molecule has 0 saturated heterocycles. The highest BCUT2D eigenvalue weighted by Gasteiger charge is 2.38. The van der Waals surface area contributed by atoms with Crippen LogP contribution >= 0.6 is 0 Å². The SMILES string of the molecule is O=C1CCCC2CCCC(=O)C12. The van der Waals surface area contributed by atoms with E-state index in [1.54, 1.807) is 0 Å². The van der Waals surface area contributed by atoms with Gasteiger partial charge in [-0.25, -0.2) is 0 Å². The molecule has 66 valence electrons. The molecule has 12 heavy (non-hydrogen) atoms. The van der Waals surface area contributed by atoms with Crippen LogP contribution < -0.4 is 0 Å². The van der Waals surface area contributed by atoms with Gasteiger partial charge in [0.05, 0.1) is 5.92 Å². The first kappa shape index (κ1) is 7.96. The van der Waals surface area contributed by atoms with E-state index in [0.717, 1.165) is 25.7 Å². The molecule has 0 aromatic rings. The number of carbonyl (C=O) groups excluding carboxylic acids is 2. The average molecular weight is 166 g/mol. The number of fused-ring (bicyclic) bond motifs is 1. The molecule has 0 bridgehead atoms. The minimum absolute atomic E-state index is 0.188. The molecule has 0 radical (unpaired) electrons. The van der Waals surface area contributed by atoms with Crippen molar-refractivity contribution in [3.63, 3.8) is 0 Å². The van der Waals surface area contributed by atoms with Crippen LogP contribution in [0.15, 0.2) is 0 Å². The standard InChI is InChI=1S/C10H14O2/c11-8-5-1-3-7-4-2-6-9(12)10(7)8/h7,10H,1-6H2. The molecular weight excluding hydrogens is 152 g/mol. The Morgan fingerprint density at radius 1 is 0.917 bits per heavy atom. The molecule has 0 spiro atoms. The Bertz CT molecular complexity index is 198. The number of rotatable bonds is 0. The molecule has 0 N–H and O–H groups in total. The third-order valence-electron chi connectivity index (χ3n) is 3.16. The topological polar surface area (TPSA) is 34.1 Å². The van der Waals surface area contributed by atoms with E-state index in [2.05, 4.69) is 0 Å². The maximum Gasteiger partial charge on any atom is 0.143 e. The van der Waals surface area contributed by atoms with Gasteiger partial charge in [0, 0.05) is 12.8 Å². The van der Waals surface area contributed by atoms with E-state index in [9.17, 15) is 9.59 Å². The van der Waals surface area contributed by atoms with E-state index in [4.69, 9.17) is 0 Å². The van der Waals surface area contributed by atoms with Crippen LogP contribution in [0, 0.1) is 11.8 Å². The fourth-order valence-corrected chi connectivity index (χ4v) is 2.57. The highest BCUT2D eigenvalue weighted by Crippen LogP contribution is 2.36. The Balaban J connectivity index is 2.17. The second-order valence-corrected chi connectivity index (χ2v) is 3.95. The summed E-state index contributed by atoms with van der Waals surface area (Å²) in [6.07, 6.45) is 5.50. The lowest BCUT2D eigenvalue weighted by Gasteiger charge is -2.32. The maximum absolute atomic E-state index is 11.4. The van der Waals surface area contributed by atoms with Crippen molar-refractivity contribution in [3.8, 4) is 0 Å². The molecule has 0 aromatic heterocycles. The van der Waals surface area contributed by atoms with Gasteiger partial charge in [-0.05, 0) is 31.6 Å². The first-order chi connectivity index (χ1) is 5.79. The summed E-state index contributed by atoms with van der Waals surface area (Å²) in [6, 6.07) is 0. The summed E-state index contributed by atoms with van der Waals surface area (Å²) in [5.74, 6) is 0.659. The fraction of sp³-hybridized carbons (Fsp3) is 0.800. The molecule has 2 aliphatic rings. The van der Waals surface area contributed by atoms with Gasteiger partial charge in [0.1, 0.15) is 11.6 Å². The van der Waals surface area contributed by atoms with Crippen LogP contribution in [-0.4, -0.2) is 11.6 Å². The third-order valence-corrected chi connectivity index (χ3v) is 3.16. The van der Waals surface area contributed by atoms with Gasteiger partial charge < -0.3 is 0 Å². The summed E-state index contributed by atoms with van der Waals surface area (Å²) >= 11 is 0. The molecule has 2 aliphatic carbocycles. The van der Waals surface area contributed by atoms with E-state index in [1.807, 2.05) is 0 Å². The van der Waals surface area contributed by atoms with E-state index in [1.165, 1.54) is 0 Å². The monoisotopic (exact) mass is 166 g/mol. The molecule has 0 heterocycles. The first-order valence-electron chi connectivity index (χ1n) is 4.84. The molecule has 2 saturated carbocycles. The van der Waals surface area contributed by atoms with Gasteiger partial charge in [0.15, 0.2) is 0 Å². The van der Waals surface area contributed by atoms with Gasteiger partial charge in [-0.15, -0.1) is 0 Å². The number of ketones is 2. The predicted octanol–water partition coefficient (Wildman–Crippen LogP) is 1.72. The molecule has 0 aromatic carbocycles. The zero-order chi connectivity index (χ0) is 8.55. The predicted molar refractivity (Wildman–Crippen MR) is 44.7 cm³/mol. The van der Waals surface area contributed by atoms with Crippen LogP contribution in [0.5, 0.6) is 0 Å². The molecule has 2 nitrogen and oxygen atoms in total. The second-order valence-electron chi connectivity index (χ2n) is 3.95. The Kier molecular flexibility index (Phi) is 1.99. The van der Waals surface area contributed by atoms with Gasteiger partial charge in [-0.3, -0.25) is 9.59 Å². The number of carbonyl (C=O) groups is 2. The van der Waals surface area contributed by atoms with Gasteiger partial charge in [-0.2, -0.15) is 0 Å². The van der Waals surface area contributed by atoms with E-state index in [0.29, 0.717) is 18.8 Å². The van der Waals surface area contributed by atoms with Crippen molar-refractivity contribution in [3.05, 3.63) is 0 Å². The molecule has 2 fully saturated rings. The number of hydrogen-bond donors (Lipinski definition) is 0. The summed E-state index contributed by atoms with van der Waals surface area (Å²) in [5.41, 5.74) is 0. The first-order valence-corrected chi connectivity index (χ1v) is 4.84. The Morgan fingerprint density at radius 3 is 1.83 bits per heavy atom. The Labute approximate surface area is 72.3 Å². The summed E-state index contributed by atoms with van der Waals surface area (Å²) in [4.78, 5) is 22.8. The zero-order valence-electron chi connectivity index (χ0n) is 7.21. The van der Waals surface area contributed by atoms with Crippen LogP contribution in [0.3, 0.4) is 0 Å². The van der Waals surface area contributed by atoms with Crippen molar-refractivity contribution in [1.29, 1.82) is 0 Å². The lowest BCUT2D eigenvalue weighted by Crippen LogP contribution is -2.37. The molecule has 0 amide bonds. The molecule has 0 unspecified atom stereocenters. The molecule has 2 rings (SSSR count). The van der Waals surface area contributed by atoms with E-state index >= 15 is 0 Å². The van der Waals surface area contributed by atoms with Crippen molar-refractivity contribution < 1.29 is 9.59 Å². The lowest BCUT2D eigenvalue weighted by atomic mass is 9.69. The average Bonchev–Trinajstić information content (AvgIpc) is 2.04. The van der Waals surface area contributed by atoms with Gasteiger partial charge >= 0.3 is 0 Å². The number of Topliss-reactive ketones (excluding diaryl/α,β-unsaturated/α-hetero) is 2. The van der Waals surface area contributed by atoms with Crippen molar-refractivity contribution in [1.82, 2.24) is 0 Å². The molecule has 2 heteroatoms. The van der Waals surface area contributed by atoms with Crippen molar-refractivity contribution in [2.24, 2.45) is 11.8 Å². The Hall–Kier alpha value is -0.660. The number of hydrogen-bond acceptors (Lipinski definition) is 2. The molecule has 0 aliphatic heterocycles. The van der Waals surface area contributed by atoms with Gasteiger partial charge in [0.25, 0.3) is 0 Å². The van der Waals surface area contributed by atoms with E-state index in [-0.39, 0.29) is 17.5 Å².